The van der Waals surface area contributed by atoms with Crippen molar-refractivity contribution in [2.45, 2.75) is 39.8 Å². The maximum atomic E-state index is 11.4. The lowest BCUT2D eigenvalue weighted by atomic mass is 10.1. The van der Waals surface area contributed by atoms with Crippen molar-refractivity contribution in [2.24, 2.45) is 0 Å². The molecule has 1 rings (SSSR count). The topological polar surface area (TPSA) is 54.3 Å². The fourth-order valence-electron chi connectivity index (χ4n) is 1.84. The molecule has 0 bridgehead atoms. The monoisotopic (exact) mass is 224 g/mol. The molecule has 1 aromatic heterocycles. The smallest absolute Gasteiger partial charge is 0.236 e. The van der Waals surface area contributed by atoms with E-state index in [1.165, 1.54) is 0 Å². The predicted molar refractivity (Wildman–Crippen MR) is 63.3 cm³/mol. The van der Waals surface area contributed by atoms with Crippen LogP contribution in [0, 0.1) is 13.8 Å². The van der Waals surface area contributed by atoms with Crippen LogP contribution in [0.3, 0.4) is 0 Å². The highest BCUT2D eigenvalue weighted by molar-refractivity contribution is 5.80. The predicted octanol–water partition coefficient (Wildman–Crippen LogP) is 1.68. The molecule has 0 saturated heterocycles. The average Bonchev–Trinajstić information content (AvgIpc) is 2.56. The van der Waals surface area contributed by atoms with E-state index in [-0.39, 0.29) is 18.0 Å². The van der Waals surface area contributed by atoms with Gasteiger partial charge in [0.05, 0.1) is 6.04 Å². The minimum Gasteiger partial charge on any atom is -0.466 e. The molecule has 2 unspecified atom stereocenters. The van der Waals surface area contributed by atoms with Crippen LogP contribution in [0.2, 0.25) is 0 Å². The summed E-state index contributed by atoms with van der Waals surface area (Å²) in [4.78, 5) is 11.4. The number of likely N-dealkylation sites (N-methyl/N-ethyl adjacent to an activating group) is 1. The van der Waals surface area contributed by atoms with E-state index in [1.807, 2.05) is 33.8 Å². The van der Waals surface area contributed by atoms with Gasteiger partial charge in [0.15, 0.2) is 0 Å². The minimum absolute atomic E-state index is 0.00952. The van der Waals surface area contributed by atoms with E-state index in [0.717, 1.165) is 17.1 Å². The maximum absolute atomic E-state index is 11.4. The van der Waals surface area contributed by atoms with Crippen LogP contribution in [-0.4, -0.2) is 19.0 Å². The maximum Gasteiger partial charge on any atom is 0.236 e. The summed E-state index contributed by atoms with van der Waals surface area (Å²) in [5.41, 5.74) is 1.10. The highest BCUT2D eigenvalue weighted by atomic mass is 16.3. The van der Waals surface area contributed by atoms with Crippen molar-refractivity contribution in [3.63, 3.8) is 0 Å². The number of hydrogen-bond acceptors (Lipinski definition) is 3. The molecule has 0 radical (unpaired) electrons. The molecule has 1 aromatic rings. The molecule has 90 valence electrons. The van der Waals surface area contributed by atoms with E-state index < -0.39 is 0 Å². The molecule has 4 nitrogen and oxygen atoms in total. The number of hydrogen-bond donors (Lipinski definition) is 2. The Morgan fingerprint density at radius 1 is 1.38 bits per heavy atom. The van der Waals surface area contributed by atoms with Gasteiger partial charge in [0.1, 0.15) is 11.5 Å². The van der Waals surface area contributed by atoms with Crippen molar-refractivity contribution >= 4 is 5.91 Å². The molecule has 2 atom stereocenters. The zero-order chi connectivity index (χ0) is 12.3. The van der Waals surface area contributed by atoms with Gasteiger partial charge in [0, 0.05) is 18.7 Å². The molecule has 0 fully saturated rings. The molecular formula is C12H20N2O2. The van der Waals surface area contributed by atoms with E-state index >= 15 is 0 Å². The Morgan fingerprint density at radius 3 is 2.44 bits per heavy atom. The SMILES string of the molecule is CNC(=O)C(C)NC(C)c1cc(C)oc1C. The van der Waals surface area contributed by atoms with Crippen LogP contribution in [0.5, 0.6) is 0 Å². The Labute approximate surface area is 96.4 Å². The quantitative estimate of drug-likeness (QED) is 0.818. The van der Waals surface area contributed by atoms with Gasteiger partial charge < -0.3 is 9.73 Å². The highest BCUT2D eigenvalue weighted by Crippen LogP contribution is 2.21. The fourth-order valence-corrected chi connectivity index (χ4v) is 1.84. The standard InChI is InChI=1S/C12H20N2O2/c1-7-6-11(10(4)16-7)8(2)14-9(3)12(15)13-5/h6,8-9,14H,1-5H3,(H,13,15). The molecule has 1 heterocycles. The molecule has 2 N–H and O–H groups in total. The Hall–Kier alpha value is -1.29. The number of carbonyl (C=O) groups excluding carboxylic acids is 1. The largest absolute Gasteiger partial charge is 0.466 e. The van der Waals surface area contributed by atoms with Gasteiger partial charge in [-0.25, -0.2) is 0 Å². The lowest BCUT2D eigenvalue weighted by Crippen LogP contribution is -2.41. The molecule has 16 heavy (non-hydrogen) atoms. The molecule has 0 spiro atoms. The molecule has 0 aromatic carbocycles. The van der Waals surface area contributed by atoms with Gasteiger partial charge in [0.2, 0.25) is 5.91 Å². The first-order valence-electron chi connectivity index (χ1n) is 5.50. The Bertz CT molecular complexity index is 371. The first-order chi connectivity index (χ1) is 7.45. The van der Waals surface area contributed by atoms with Crippen molar-refractivity contribution in [2.75, 3.05) is 7.05 Å². The van der Waals surface area contributed by atoms with Gasteiger partial charge in [-0.1, -0.05) is 0 Å². The molecular weight excluding hydrogens is 204 g/mol. The number of nitrogens with one attached hydrogen (secondary N) is 2. The summed E-state index contributed by atoms with van der Waals surface area (Å²) in [6.07, 6.45) is 0. The number of aryl methyl sites for hydroxylation is 2. The molecule has 0 saturated carbocycles. The summed E-state index contributed by atoms with van der Waals surface area (Å²) < 4.78 is 5.46. The van der Waals surface area contributed by atoms with Crippen LogP contribution >= 0.6 is 0 Å². The third-order valence-electron chi connectivity index (χ3n) is 2.69. The number of carbonyl (C=O) groups is 1. The first kappa shape index (κ1) is 12.8. The van der Waals surface area contributed by atoms with Gasteiger partial charge in [-0.05, 0) is 33.8 Å². The van der Waals surface area contributed by atoms with E-state index in [0.29, 0.717) is 0 Å². The summed E-state index contributed by atoms with van der Waals surface area (Å²) in [5, 5.41) is 5.85. The Balaban J connectivity index is 2.68. The Morgan fingerprint density at radius 2 is 2.00 bits per heavy atom. The summed E-state index contributed by atoms with van der Waals surface area (Å²) in [5.74, 6) is 1.79. The van der Waals surface area contributed by atoms with E-state index in [4.69, 9.17) is 4.42 Å². The van der Waals surface area contributed by atoms with Crippen LogP contribution in [0.15, 0.2) is 10.5 Å². The second kappa shape index (κ2) is 5.16. The lowest BCUT2D eigenvalue weighted by Gasteiger charge is -2.18. The van der Waals surface area contributed by atoms with Gasteiger partial charge in [-0.2, -0.15) is 0 Å². The van der Waals surface area contributed by atoms with Crippen molar-refractivity contribution in [1.82, 2.24) is 10.6 Å². The highest BCUT2D eigenvalue weighted by Gasteiger charge is 2.17. The van der Waals surface area contributed by atoms with E-state index in [1.54, 1.807) is 7.05 Å². The van der Waals surface area contributed by atoms with Crippen molar-refractivity contribution in [1.29, 1.82) is 0 Å². The van der Waals surface area contributed by atoms with Crippen LogP contribution in [0.4, 0.5) is 0 Å². The molecule has 4 heteroatoms. The van der Waals surface area contributed by atoms with Gasteiger partial charge >= 0.3 is 0 Å². The molecule has 1 amide bonds. The zero-order valence-electron chi connectivity index (χ0n) is 10.5. The number of rotatable bonds is 4. The summed E-state index contributed by atoms with van der Waals surface area (Å²) in [7, 11) is 1.64. The second-order valence-electron chi connectivity index (χ2n) is 4.09. The summed E-state index contributed by atoms with van der Waals surface area (Å²) >= 11 is 0. The van der Waals surface area contributed by atoms with E-state index in [2.05, 4.69) is 10.6 Å². The lowest BCUT2D eigenvalue weighted by molar-refractivity contribution is -0.122. The fraction of sp³-hybridized carbons (Fsp3) is 0.583. The van der Waals surface area contributed by atoms with Crippen LogP contribution in [0.1, 0.15) is 37.0 Å². The van der Waals surface area contributed by atoms with Crippen LogP contribution in [0.25, 0.3) is 0 Å². The van der Waals surface area contributed by atoms with Gasteiger partial charge in [-0.3, -0.25) is 10.1 Å². The van der Waals surface area contributed by atoms with Crippen LogP contribution in [-0.2, 0) is 4.79 Å². The summed E-state index contributed by atoms with van der Waals surface area (Å²) in [6.45, 7) is 7.73. The van der Waals surface area contributed by atoms with Crippen molar-refractivity contribution < 1.29 is 9.21 Å². The van der Waals surface area contributed by atoms with Gasteiger partial charge in [-0.15, -0.1) is 0 Å². The number of furan rings is 1. The van der Waals surface area contributed by atoms with E-state index in [9.17, 15) is 4.79 Å². The zero-order valence-corrected chi connectivity index (χ0v) is 10.5. The van der Waals surface area contributed by atoms with Crippen molar-refractivity contribution in [3.05, 3.63) is 23.2 Å². The third kappa shape index (κ3) is 2.85. The normalized spacial score (nSPS) is 14.6. The van der Waals surface area contributed by atoms with Gasteiger partial charge in [0.25, 0.3) is 0 Å². The molecule has 0 aliphatic heterocycles. The first-order valence-corrected chi connectivity index (χ1v) is 5.50. The summed E-state index contributed by atoms with van der Waals surface area (Å²) in [6, 6.07) is 1.89. The number of amides is 1. The minimum atomic E-state index is -0.213. The van der Waals surface area contributed by atoms with Crippen LogP contribution < -0.4 is 10.6 Å². The Kier molecular flexibility index (Phi) is 4.12. The molecule has 0 aliphatic rings. The average molecular weight is 224 g/mol. The second-order valence-corrected chi connectivity index (χ2v) is 4.09. The third-order valence-corrected chi connectivity index (χ3v) is 2.69. The van der Waals surface area contributed by atoms with Crippen molar-refractivity contribution in [3.8, 4) is 0 Å². The molecule has 0 aliphatic carbocycles.